The maximum Gasteiger partial charge on any atom is 0.416 e. The molecule has 0 unspecified atom stereocenters. The van der Waals surface area contributed by atoms with Crippen LogP contribution in [0.2, 0.25) is 0 Å². The number of anilines is 1. The number of carbonyl (C=O) groups excluding carboxylic acids is 1. The number of halogens is 3. The summed E-state index contributed by atoms with van der Waals surface area (Å²) < 4.78 is 38.3. The number of aryl methyl sites for hydroxylation is 1. The second kappa shape index (κ2) is 11.4. The Morgan fingerprint density at radius 2 is 1.48 bits per heavy atom. The van der Waals surface area contributed by atoms with Crippen LogP contribution in [-0.4, -0.2) is 17.7 Å². The molecule has 174 valence electrons. The van der Waals surface area contributed by atoms with Gasteiger partial charge in [-0.1, -0.05) is 61.4 Å². The molecule has 0 radical (unpaired) electrons. The molecule has 4 nitrogen and oxygen atoms in total. The maximum absolute atomic E-state index is 12.8. The van der Waals surface area contributed by atoms with E-state index in [-0.39, 0.29) is 11.4 Å². The van der Waals surface area contributed by atoms with Crippen LogP contribution in [0, 0.1) is 0 Å². The van der Waals surface area contributed by atoms with E-state index in [1.54, 1.807) is 6.07 Å². The molecule has 0 bridgehead atoms. The van der Waals surface area contributed by atoms with Gasteiger partial charge in [0.15, 0.2) is 0 Å². The summed E-state index contributed by atoms with van der Waals surface area (Å²) in [5.74, 6) is -0.123. The Bertz CT molecular complexity index is 1040. The fraction of sp³-hybridized carbons (Fsp3) is 0.269. The smallest absolute Gasteiger partial charge is 0.416 e. The largest absolute Gasteiger partial charge is 0.506 e. The molecule has 3 N–H and O–H groups in total. The maximum atomic E-state index is 12.8. The van der Waals surface area contributed by atoms with Crippen molar-refractivity contribution in [1.82, 2.24) is 5.32 Å². The van der Waals surface area contributed by atoms with Gasteiger partial charge in [-0.05, 0) is 60.2 Å². The molecule has 3 rings (SSSR count). The minimum Gasteiger partial charge on any atom is -0.506 e. The molecular weight excluding hydrogens is 429 g/mol. The van der Waals surface area contributed by atoms with Crippen molar-refractivity contribution in [1.29, 1.82) is 0 Å². The van der Waals surface area contributed by atoms with Gasteiger partial charge in [0, 0.05) is 6.54 Å². The number of phenolic OH excluding ortho intramolecular Hbond substituents is 1. The Balaban J connectivity index is 1.44. The van der Waals surface area contributed by atoms with Crippen molar-refractivity contribution < 1.29 is 23.1 Å². The van der Waals surface area contributed by atoms with Crippen LogP contribution in [0.25, 0.3) is 11.1 Å². The molecule has 3 aromatic rings. The Hall–Kier alpha value is -3.48. The van der Waals surface area contributed by atoms with Crippen molar-refractivity contribution in [2.45, 2.75) is 38.3 Å². The zero-order valence-corrected chi connectivity index (χ0v) is 18.2. The molecule has 2 amide bonds. The lowest BCUT2D eigenvalue weighted by Gasteiger charge is -2.12. The molecule has 7 heteroatoms. The fourth-order valence-corrected chi connectivity index (χ4v) is 3.49. The quantitative estimate of drug-likeness (QED) is 0.240. The third-order valence-electron chi connectivity index (χ3n) is 5.31. The first-order chi connectivity index (χ1) is 15.8. The number of hydrogen-bond acceptors (Lipinski definition) is 2. The number of alkyl halides is 3. The normalized spacial score (nSPS) is 11.2. The van der Waals surface area contributed by atoms with Gasteiger partial charge in [0.2, 0.25) is 0 Å². The Kier molecular flexibility index (Phi) is 8.35. The second-order valence-electron chi connectivity index (χ2n) is 7.84. The predicted octanol–water partition coefficient (Wildman–Crippen LogP) is 7.00. The molecule has 0 saturated heterocycles. The van der Waals surface area contributed by atoms with E-state index in [1.807, 2.05) is 18.2 Å². The number of amides is 2. The van der Waals surface area contributed by atoms with Crippen molar-refractivity contribution in [3.63, 3.8) is 0 Å². The van der Waals surface area contributed by atoms with Crippen LogP contribution in [0.1, 0.15) is 36.8 Å². The highest BCUT2D eigenvalue weighted by atomic mass is 19.4. The van der Waals surface area contributed by atoms with Gasteiger partial charge in [0.25, 0.3) is 0 Å². The van der Waals surface area contributed by atoms with E-state index >= 15 is 0 Å². The van der Waals surface area contributed by atoms with Gasteiger partial charge in [-0.15, -0.1) is 0 Å². The van der Waals surface area contributed by atoms with Crippen molar-refractivity contribution >= 4 is 11.7 Å². The Labute approximate surface area is 191 Å². The average molecular weight is 457 g/mol. The van der Waals surface area contributed by atoms with Gasteiger partial charge >= 0.3 is 12.2 Å². The lowest BCUT2D eigenvalue weighted by atomic mass is 10.0. The van der Waals surface area contributed by atoms with Crippen LogP contribution >= 0.6 is 0 Å². The van der Waals surface area contributed by atoms with Crippen LogP contribution in [0.15, 0.2) is 72.8 Å². The van der Waals surface area contributed by atoms with Crippen LogP contribution < -0.4 is 10.6 Å². The van der Waals surface area contributed by atoms with Crippen LogP contribution in [-0.2, 0) is 12.6 Å². The molecule has 0 atom stereocenters. The first kappa shape index (κ1) is 24.2. The lowest BCUT2D eigenvalue weighted by molar-refractivity contribution is -0.137. The summed E-state index contributed by atoms with van der Waals surface area (Å²) in [7, 11) is 0. The van der Waals surface area contributed by atoms with E-state index in [9.17, 15) is 23.1 Å². The first-order valence-corrected chi connectivity index (χ1v) is 10.9. The first-order valence-electron chi connectivity index (χ1n) is 10.9. The number of urea groups is 1. The number of benzene rings is 3. The van der Waals surface area contributed by atoms with Crippen LogP contribution in [0.4, 0.5) is 23.7 Å². The third-order valence-corrected chi connectivity index (χ3v) is 5.31. The molecule has 0 heterocycles. The summed E-state index contributed by atoms with van der Waals surface area (Å²) in [6.45, 7) is 0.510. The summed E-state index contributed by atoms with van der Waals surface area (Å²) in [5, 5.41) is 15.4. The minimum absolute atomic E-state index is 0.123. The average Bonchev–Trinajstić information content (AvgIpc) is 2.80. The van der Waals surface area contributed by atoms with Gasteiger partial charge in [0.1, 0.15) is 5.75 Å². The summed E-state index contributed by atoms with van der Waals surface area (Å²) in [4.78, 5) is 12.2. The van der Waals surface area contributed by atoms with Crippen LogP contribution in [0.3, 0.4) is 0 Å². The monoisotopic (exact) mass is 456 g/mol. The fourth-order valence-electron chi connectivity index (χ4n) is 3.49. The van der Waals surface area contributed by atoms with Crippen molar-refractivity contribution in [3.05, 3.63) is 83.9 Å². The zero-order valence-electron chi connectivity index (χ0n) is 18.2. The van der Waals surface area contributed by atoms with E-state index < -0.39 is 17.8 Å². The molecule has 3 aromatic carbocycles. The number of phenols is 1. The number of hydrogen-bond donors (Lipinski definition) is 3. The predicted molar refractivity (Wildman–Crippen MR) is 124 cm³/mol. The van der Waals surface area contributed by atoms with Crippen molar-refractivity contribution in [3.8, 4) is 16.9 Å². The number of aromatic hydroxyl groups is 1. The lowest BCUT2D eigenvalue weighted by Crippen LogP contribution is -2.29. The number of carbonyl (C=O) groups is 1. The zero-order chi connectivity index (χ0) is 23.7. The van der Waals surface area contributed by atoms with Crippen molar-refractivity contribution in [2.75, 3.05) is 11.9 Å². The summed E-state index contributed by atoms with van der Waals surface area (Å²) in [5.41, 5.74) is 1.90. The van der Waals surface area contributed by atoms with E-state index in [2.05, 4.69) is 22.8 Å². The van der Waals surface area contributed by atoms with Crippen molar-refractivity contribution in [2.24, 2.45) is 0 Å². The van der Waals surface area contributed by atoms with E-state index in [1.165, 1.54) is 29.8 Å². The third kappa shape index (κ3) is 7.56. The molecular formula is C26H27F3N2O2. The van der Waals surface area contributed by atoms with Gasteiger partial charge in [-0.3, -0.25) is 0 Å². The second-order valence-corrected chi connectivity index (χ2v) is 7.84. The molecule has 0 aliphatic heterocycles. The number of unbranched alkanes of at least 4 members (excludes halogenated alkanes) is 3. The Morgan fingerprint density at radius 3 is 2.18 bits per heavy atom. The van der Waals surface area contributed by atoms with Gasteiger partial charge in [-0.25, -0.2) is 4.79 Å². The highest BCUT2D eigenvalue weighted by molar-refractivity contribution is 5.92. The number of rotatable bonds is 9. The van der Waals surface area contributed by atoms with Crippen LogP contribution in [0.5, 0.6) is 5.75 Å². The number of nitrogens with one attached hydrogen (secondary N) is 2. The Morgan fingerprint density at radius 1 is 0.818 bits per heavy atom. The molecule has 0 aliphatic carbocycles. The highest BCUT2D eigenvalue weighted by Crippen LogP contribution is 2.33. The molecule has 0 aromatic heterocycles. The minimum atomic E-state index is -4.40. The standard InChI is InChI=1S/C26H27F3N2O2/c27-26(28,29)22-14-11-20(12-15-22)21-13-16-24(32)23(18-21)31-25(33)30-17-7-2-1-4-8-19-9-5-3-6-10-19/h3,5-6,9-16,18,32H,1-2,4,7-8,17H2,(H2,30,31,33). The van der Waals surface area contributed by atoms with E-state index in [4.69, 9.17) is 0 Å². The van der Waals surface area contributed by atoms with E-state index in [0.717, 1.165) is 44.2 Å². The summed E-state index contributed by atoms with van der Waals surface area (Å²) in [6.07, 6.45) is 0.667. The summed E-state index contributed by atoms with van der Waals surface area (Å²) >= 11 is 0. The summed E-state index contributed by atoms with van der Waals surface area (Å²) in [6, 6.07) is 19.1. The molecule has 0 spiro atoms. The van der Waals surface area contributed by atoms with Gasteiger partial charge in [0.05, 0.1) is 11.3 Å². The SMILES string of the molecule is O=C(NCCCCCCc1ccccc1)Nc1cc(-c2ccc(C(F)(F)F)cc2)ccc1O. The molecule has 0 saturated carbocycles. The molecule has 0 fully saturated rings. The topological polar surface area (TPSA) is 61.4 Å². The van der Waals surface area contributed by atoms with Gasteiger partial charge < -0.3 is 15.7 Å². The van der Waals surface area contributed by atoms with E-state index in [0.29, 0.717) is 17.7 Å². The van der Waals surface area contributed by atoms with Gasteiger partial charge in [-0.2, -0.15) is 13.2 Å². The molecule has 33 heavy (non-hydrogen) atoms. The highest BCUT2D eigenvalue weighted by Gasteiger charge is 2.30. The molecule has 0 aliphatic rings.